The minimum Gasteiger partial charge on any atom is -0.458 e. The predicted molar refractivity (Wildman–Crippen MR) is 91.8 cm³/mol. The number of esters is 1. The molecule has 0 radical (unpaired) electrons. The van der Waals surface area contributed by atoms with Crippen molar-refractivity contribution in [3.8, 4) is 12.3 Å². The molecule has 1 aromatic rings. The van der Waals surface area contributed by atoms with Gasteiger partial charge >= 0.3 is 5.97 Å². The standard InChI is InChI=1S/C20H28O2/c1-4-7-8-9-10-12-17-13-15-18(16-14-17)20(21)22-19(6-3)11-5-2/h2,13-16,19H,4,6-12H2,1,3H3. The highest BCUT2D eigenvalue weighted by Gasteiger charge is 2.13. The quantitative estimate of drug-likeness (QED) is 0.339. The molecule has 2 nitrogen and oxygen atoms in total. The van der Waals surface area contributed by atoms with E-state index in [9.17, 15) is 4.79 Å². The third-order valence-corrected chi connectivity index (χ3v) is 3.83. The number of carbonyl (C=O) groups is 1. The molecule has 0 aliphatic heterocycles. The number of hydrogen-bond acceptors (Lipinski definition) is 2. The molecule has 0 bridgehead atoms. The highest BCUT2D eigenvalue weighted by molar-refractivity contribution is 5.89. The lowest BCUT2D eigenvalue weighted by atomic mass is 10.0. The Labute approximate surface area is 135 Å². The van der Waals surface area contributed by atoms with E-state index >= 15 is 0 Å². The van der Waals surface area contributed by atoms with Gasteiger partial charge in [-0.05, 0) is 37.0 Å². The van der Waals surface area contributed by atoms with Crippen LogP contribution in [0.1, 0.15) is 74.7 Å². The molecule has 0 spiro atoms. The normalized spacial score (nSPS) is 11.7. The zero-order valence-corrected chi connectivity index (χ0v) is 13.9. The molecule has 1 rings (SSSR count). The molecule has 120 valence electrons. The number of aryl methyl sites for hydroxylation is 1. The lowest BCUT2D eigenvalue weighted by molar-refractivity contribution is 0.0304. The Kier molecular flexibility index (Phi) is 9.07. The second-order valence-corrected chi connectivity index (χ2v) is 5.70. The van der Waals surface area contributed by atoms with E-state index in [1.807, 2.05) is 31.2 Å². The molecular weight excluding hydrogens is 272 g/mol. The Morgan fingerprint density at radius 3 is 2.41 bits per heavy atom. The van der Waals surface area contributed by atoms with Gasteiger partial charge in [-0.15, -0.1) is 12.3 Å². The van der Waals surface area contributed by atoms with Gasteiger partial charge in [0.1, 0.15) is 6.10 Å². The summed E-state index contributed by atoms with van der Waals surface area (Å²) in [7, 11) is 0. The van der Waals surface area contributed by atoms with Crippen molar-refractivity contribution in [1.29, 1.82) is 0 Å². The van der Waals surface area contributed by atoms with E-state index in [0.29, 0.717) is 12.0 Å². The molecule has 0 aliphatic carbocycles. The molecule has 1 aromatic carbocycles. The highest BCUT2D eigenvalue weighted by atomic mass is 16.5. The molecule has 0 amide bonds. The Morgan fingerprint density at radius 1 is 1.14 bits per heavy atom. The molecule has 0 saturated heterocycles. The number of hydrogen-bond donors (Lipinski definition) is 0. The molecule has 1 atom stereocenters. The zero-order valence-electron chi connectivity index (χ0n) is 13.9. The first-order valence-corrected chi connectivity index (χ1v) is 8.44. The Hall–Kier alpha value is -1.75. The maximum Gasteiger partial charge on any atom is 0.338 e. The molecular formula is C20H28O2. The van der Waals surface area contributed by atoms with E-state index < -0.39 is 0 Å². The number of ether oxygens (including phenoxy) is 1. The van der Waals surface area contributed by atoms with Gasteiger partial charge in [-0.1, -0.05) is 51.7 Å². The molecule has 0 saturated carbocycles. The predicted octanol–water partition coefficient (Wildman–Crippen LogP) is 5.16. The summed E-state index contributed by atoms with van der Waals surface area (Å²) in [5, 5.41) is 0. The molecule has 2 heteroatoms. The van der Waals surface area contributed by atoms with Gasteiger partial charge in [0.2, 0.25) is 0 Å². The molecule has 0 fully saturated rings. The van der Waals surface area contributed by atoms with Gasteiger partial charge in [-0.2, -0.15) is 0 Å². The molecule has 0 aromatic heterocycles. The highest BCUT2D eigenvalue weighted by Crippen LogP contribution is 2.13. The van der Waals surface area contributed by atoms with Crippen LogP contribution in [0, 0.1) is 12.3 Å². The van der Waals surface area contributed by atoms with E-state index in [0.717, 1.165) is 12.8 Å². The van der Waals surface area contributed by atoms with Crippen molar-refractivity contribution in [2.24, 2.45) is 0 Å². The van der Waals surface area contributed by atoms with Crippen LogP contribution < -0.4 is 0 Å². The fourth-order valence-electron chi connectivity index (χ4n) is 2.36. The minimum atomic E-state index is -0.281. The average Bonchev–Trinajstić information content (AvgIpc) is 2.54. The summed E-state index contributed by atoms with van der Waals surface area (Å²) >= 11 is 0. The summed E-state index contributed by atoms with van der Waals surface area (Å²) in [6, 6.07) is 7.76. The van der Waals surface area contributed by atoms with Crippen LogP contribution in [0.2, 0.25) is 0 Å². The van der Waals surface area contributed by atoms with Gasteiger partial charge in [0, 0.05) is 6.42 Å². The summed E-state index contributed by atoms with van der Waals surface area (Å²) < 4.78 is 5.41. The van der Waals surface area contributed by atoms with Crippen LogP contribution in [0.3, 0.4) is 0 Å². The van der Waals surface area contributed by atoms with Gasteiger partial charge in [0.05, 0.1) is 5.56 Å². The molecule has 0 heterocycles. The van der Waals surface area contributed by atoms with Crippen molar-refractivity contribution in [2.75, 3.05) is 0 Å². The largest absolute Gasteiger partial charge is 0.458 e. The number of rotatable bonds is 10. The van der Waals surface area contributed by atoms with Crippen LogP contribution in [-0.4, -0.2) is 12.1 Å². The van der Waals surface area contributed by atoms with E-state index in [-0.39, 0.29) is 12.1 Å². The monoisotopic (exact) mass is 300 g/mol. The van der Waals surface area contributed by atoms with Crippen LogP contribution in [0.15, 0.2) is 24.3 Å². The molecule has 0 N–H and O–H groups in total. The van der Waals surface area contributed by atoms with Crippen molar-refractivity contribution in [1.82, 2.24) is 0 Å². The number of benzene rings is 1. The number of terminal acetylenes is 1. The van der Waals surface area contributed by atoms with Crippen LogP contribution in [0.5, 0.6) is 0 Å². The fourth-order valence-corrected chi connectivity index (χ4v) is 2.36. The van der Waals surface area contributed by atoms with Crippen LogP contribution in [-0.2, 0) is 11.2 Å². The van der Waals surface area contributed by atoms with Gasteiger partial charge in [-0.25, -0.2) is 4.79 Å². The van der Waals surface area contributed by atoms with Crippen molar-refractivity contribution in [3.63, 3.8) is 0 Å². The second kappa shape index (κ2) is 10.9. The van der Waals surface area contributed by atoms with Gasteiger partial charge in [0.25, 0.3) is 0 Å². The average molecular weight is 300 g/mol. The van der Waals surface area contributed by atoms with E-state index in [1.165, 1.54) is 37.7 Å². The van der Waals surface area contributed by atoms with E-state index in [1.54, 1.807) is 0 Å². The number of carbonyl (C=O) groups excluding carboxylic acids is 1. The molecule has 1 unspecified atom stereocenters. The summed E-state index contributed by atoms with van der Waals surface area (Å²) in [6.45, 7) is 4.20. The van der Waals surface area contributed by atoms with Gasteiger partial charge in [0.15, 0.2) is 0 Å². The number of unbranched alkanes of at least 4 members (excludes halogenated alkanes) is 4. The maximum atomic E-state index is 12.0. The van der Waals surface area contributed by atoms with Crippen molar-refractivity contribution in [3.05, 3.63) is 35.4 Å². The Balaban J connectivity index is 2.43. The van der Waals surface area contributed by atoms with Gasteiger partial charge in [-0.3, -0.25) is 0 Å². The third kappa shape index (κ3) is 6.80. The molecule has 0 aliphatic rings. The minimum absolute atomic E-state index is 0.184. The summed E-state index contributed by atoms with van der Waals surface area (Å²) in [5.41, 5.74) is 1.88. The molecule has 22 heavy (non-hydrogen) atoms. The first-order chi connectivity index (χ1) is 10.7. The van der Waals surface area contributed by atoms with Crippen LogP contribution in [0.4, 0.5) is 0 Å². The SMILES string of the molecule is C#CCC(CC)OC(=O)c1ccc(CCCCCCC)cc1. The van der Waals surface area contributed by atoms with Crippen LogP contribution in [0.25, 0.3) is 0 Å². The first-order valence-electron chi connectivity index (χ1n) is 8.44. The van der Waals surface area contributed by atoms with Crippen molar-refractivity contribution >= 4 is 5.97 Å². The fraction of sp³-hybridized carbons (Fsp3) is 0.550. The smallest absolute Gasteiger partial charge is 0.338 e. The van der Waals surface area contributed by atoms with Crippen molar-refractivity contribution in [2.45, 2.75) is 71.3 Å². The lowest BCUT2D eigenvalue weighted by Gasteiger charge is -2.13. The van der Waals surface area contributed by atoms with E-state index in [4.69, 9.17) is 11.2 Å². The second-order valence-electron chi connectivity index (χ2n) is 5.70. The topological polar surface area (TPSA) is 26.3 Å². The Morgan fingerprint density at radius 2 is 1.82 bits per heavy atom. The maximum absolute atomic E-state index is 12.0. The zero-order chi connectivity index (χ0) is 16.2. The lowest BCUT2D eigenvalue weighted by Crippen LogP contribution is -2.17. The summed E-state index contributed by atoms with van der Waals surface area (Å²) in [5.74, 6) is 2.26. The third-order valence-electron chi connectivity index (χ3n) is 3.83. The van der Waals surface area contributed by atoms with Crippen LogP contribution >= 0.6 is 0 Å². The summed E-state index contributed by atoms with van der Waals surface area (Å²) in [4.78, 5) is 12.0. The summed E-state index contributed by atoms with van der Waals surface area (Å²) in [6.07, 6.45) is 13.8. The van der Waals surface area contributed by atoms with Gasteiger partial charge < -0.3 is 4.74 Å². The van der Waals surface area contributed by atoms with Crippen molar-refractivity contribution < 1.29 is 9.53 Å². The van der Waals surface area contributed by atoms with E-state index in [2.05, 4.69) is 12.8 Å². The Bertz CT molecular complexity index is 467. The first kappa shape index (κ1) is 18.3.